The number of aromatic hydroxyl groups is 1. The highest BCUT2D eigenvalue weighted by Gasteiger charge is 2.30. The highest BCUT2D eigenvalue weighted by atomic mass is 16.3. The lowest BCUT2D eigenvalue weighted by Gasteiger charge is -2.28. The second kappa shape index (κ2) is 15.6. The maximum absolute atomic E-state index is 13.1. The molecule has 0 aliphatic carbocycles. The maximum atomic E-state index is 13.1. The van der Waals surface area contributed by atoms with Crippen LogP contribution in [0.3, 0.4) is 0 Å². The highest BCUT2D eigenvalue weighted by Crippen LogP contribution is 2.46. The summed E-state index contributed by atoms with van der Waals surface area (Å²) >= 11 is 0. The summed E-state index contributed by atoms with van der Waals surface area (Å²) in [5.41, 5.74) is -7.91. The number of benzene rings is 6. The first-order chi connectivity index (χ1) is 38.8. The van der Waals surface area contributed by atoms with E-state index in [-0.39, 0.29) is 33.9 Å². The highest BCUT2D eigenvalue weighted by molar-refractivity contribution is 5.98. The van der Waals surface area contributed by atoms with Crippen molar-refractivity contribution >= 4 is 11.0 Å². The van der Waals surface area contributed by atoms with E-state index in [0.29, 0.717) is 39.6 Å². The second-order valence-corrected chi connectivity index (χ2v) is 17.7. The largest absolute Gasteiger partial charge is 0.507 e. The number of pyridine rings is 1. The Kier molecular flexibility index (Phi) is 5.71. The van der Waals surface area contributed by atoms with Crippen LogP contribution in [0.25, 0.3) is 72.7 Å². The fourth-order valence-electron chi connectivity index (χ4n) is 7.61. The summed E-state index contributed by atoms with van der Waals surface area (Å²) < 4.78 is 202. The molecule has 4 nitrogen and oxygen atoms in total. The Hall–Kier alpha value is -6.26. The van der Waals surface area contributed by atoms with Crippen LogP contribution >= 0.6 is 0 Å². The van der Waals surface area contributed by atoms with Crippen LogP contribution in [-0.2, 0) is 21.7 Å². The molecule has 8 rings (SSSR count). The number of phenols is 1. The topological polar surface area (TPSA) is 50.9 Å². The number of nitrogens with zero attached hydrogens (tertiary/aromatic N) is 3. The van der Waals surface area contributed by atoms with Crippen LogP contribution in [0.15, 0.2) is 146 Å². The van der Waals surface area contributed by atoms with E-state index in [2.05, 4.69) is 4.98 Å². The van der Waals surface area contributed by atoms with Gasteiger partial charge < -0.3 is 5.11 Å². The van der Waals surface area contributed by atoms with Crippen LogP contribution in [-0.4, -0.2) is 19.6 Å². The van der Waals surface area contributed by atoms with Gasteiger partial charge in [0.2, 0.25) is 0 Å². The van der Waals surface area contributed by atoms with Crippen LogP contribution in [0, 0.1) is 0 Å². The van der Waals surface area contributed by atoms with Crippen molar-refractivity contribution in [1.29, 1.82) is 0 Å². The molecule has 0 atom stereocenters. The van der Waals surface area contributed by atoms with Crippen LogP contribution in [0.4, 0.5) is 0 Å². The normalized spacial score (nSPS) is 19.2. The predicted molar refractivity (Wildman–Crippen MR) is 263 cm³/mol. The van der Waals surface area contributed by atoms with Crippen molar-refractivity contribution in [3.8, 4) is 67.5 Å². The quantitative estimate of drug-likeness (QED) is 0.181. The fraction of sp³-hybridized carbons (Fsp3) is 0.276. The number of rotatable bonds is 6. The van der Waals surface area contributed by atoms with Gasteiger partial charge in [0.1, 0.15) is 11.6 Å². The maximum Gasteiger partial charge on any atom is 0.149 e. The molecule has 0 saturated heterocycles. The lowest BCUT2D eigenvalue weighted by molar-refractivity contribution is 0.446. The summed E-state index contributed by atoms with van der Waals surface area (Å²) in [6.07, 6.45) is 1.44. The Balaban J connectivity index is 1.62. The first-order valence-corrected chi connectivity index (χ1v) is 20.1. The molecule has 0 saturated carbocycles. The number of hydrogen-bond acceptors (Lipinski definition) is 3. The van der Waals surface area contributed by atoms with Crippen molar-refractivity contribution in [1.82, 2.24) is 14.5 Å². The number of para-hydroxylation sites is 1. The van der Waals surface area contributed by atoms with E-state index in [1.54, 1.807) is 72.8 Å². The molecule has 2 heterocycles. The molecule has 0 fully saturated rings. The van der Waals surface area contributed by atoms with Crippen LogP contribution < -0.4 is 0 Å². The summed E-state index contributed by atoms with van der Waals surface area (Å²) in [5, 5.41) is 13.1. The summed E-state index contributed by atoms with van der Waals surface area (Å²) in [6, 6.07) is 26.4. The summed E-state index contributed by atoms with van der Waals surface area (Å²) in [4.78, 5) is 9.83. The Bertz CT molecular complexity index is 3810. The van der Waals surface area contributed by atoms with Crippen molar-refractivity contribution in [2.75, 3.05) is 0 Å². The fourth-order valence-corrected chi connectivity index (χ4v) is 7.61. The number of fused-ring (bicyclic) bond motifs is 1. The Morgan fingerprint density at radius 2 is 1.21 bits per heavy atom. The van der Waals surface area contributed by atoms with E-state index in [4.69, 9.17) is 36.5 Å². The van der Waals surface area contributed by atoms with Crippen molar-refractivity contribution in [2.24, 2.45) is 0 Å². The van der Waals surface area contributed by atoms with Gasteiger partial charge in [0.25, 0.3) is 0 Å². The predicted octanol–water partition coefficient (Wildman–Crippen LogP) is 15.7. The molecule has 62 heavy (non-hydrogen) atoms. The second-order valence-electron chi connectivity index (χ2n) is 17.7. The smallest absolute Gasteiger partial charge is 0.149 e. The van der Waals surface area contributed by atoms with Crippen molar-refractivity contribution in [3.63, 3.8) is 0 Å². The van der Waals surface area contributed by atoms with Crippen molar-refractivity contribution in [3.05, 3.63) is 168 Å². The van der Waals surface area contributed by atoms with E-state index >= 15 is 0 Å². The van der Waals surface area contributed by atoms with E-state index in [9.17, 15) is 5.11 Å². The third kappa shape index (κ3) is 8.23. The molecule has 0 radical (unpaired) electrons. The molecule has 0 unspecified atom stereocenters. The van der Waals surface area contributed by atoms with Gasteiger partial charge in [-0.1, -0.05) is 174 Å². The number of aromatic nitrogens is 3. The van der Waals surface area contributed by atoms with Gasteiger partial charge in [-0.15, -0.1) is 0 Å². The standard InChI is InChI=1S/C58H61N3O/c1-55(2,3)42-26-27-50(46(34-42)38-22-17-14-18-23-38)61-51-25-19-24-45(52(51)60-54(61)47-35-44(57(7,8)9)36-48(53(47)62)58(10,11)12)40-30-41(32-43(31-40)56(4,5)6)49-33-39(28-29-59-49)37-20-15-13-16-21-37/h13-36,62H,1-12H3/i7D3,8D3,9D3,10D3,11D3,12D3,13D,15D,16D,20D,21D. The average molecular weight is 839 g/mol. The van der Waals surface area contributed by atoms with Crippen LogP contribution in [0.1, 0.15) is 136 Å². The lowest BCUT2D eigenvalue weighted by atomic mass is 9.79. The molecule has 0 spiro atoms. The van der Waals surface area contributed by atoms with Gasteiger partial charge in [-0.3, -0.25) is 9.55 Å². The van der Waals surface area contributed by atoms with Crippen LogP contribution in [0.2, 0.25) is 0 Å². The summed E-state index contributed by atoms with van der Waals surface area (Å²) in [7, 11) is 0. The molecule has 4 heteroatoms. The number of imidazole rings is 1. The van der Waals surface area contributed by atoms with Gasteiger partial charge >= 0.3 is 0 Å². The molecular weight excluding hydrogens is 755 g/mol. The summed E-state index contributed by atoms with van der Waals surface area (Å²) in [5.74, 6) is -1.88. The molecule has 0 aliphatic heterocycles. The molecule has 6 aromatic carbocycles. The zero-order valence-corrected chi connectivity index (χ0v) is 35.3. The minimum Gasteiger partial charge on any atom is -0.507 e. The monoisotopic (exact) mass is 839 g/mol. The third-order valence-electron chi connectivity index (χ3n) is 11.0. The van der Waals surface area contributed by atoms with Gasteiger partial charge in [-0.05, 0) is 109 Å². The van der Waals surface area contributed by atoms with E-state index in [0.717, 1.165) is 11.1 Å². The Labute approximate surface area is 401 Å². The van der Waals surface area contributed by atoms with Gasteiger partial charge in [-0.2, -0.15) is 0 Å². The van der Waals surface area contributed by atoms with Gasteiger partial charge in [0.05, 0.1) is 34.8 Å². The Morgan fingerprint density at radius 3 is 1.90 bits per heavy atom. The molecule has 0 bridgehead atoms. The van der Waals surface area contributed by atoms with E-state index < -0.39 is 121 Å². The molecule has 0 aliphatic rings. The van der Waals surface area contributed by atoms with Gasteiger partial charge in [0, 0.05) is 53.1 Å². The average Bonchev–Trinajstić information content (AvgIpc) is 1.09. The summed E-state index contributed by atoms with van der Waals surface area (Å²) in [6.45, 7) is -13.0. The van der Waals surface area contributed by atoms with Crippen molar-refractivity contribution in [2.45, 2.75) is 104 Å². The zero-order chi connectivity index (χ0) is 63.7. The molecule has 314 valence electrons. The zero-order valence-electron chi connectivity index (χ0n) is 58.3. The van der Waals surface area contributed by atoms with Crippen LogP contribution in [0.5, 0.6) is 5.75 Å². The van der Waals surface area contributed by atoms with Crippen molar-refractivity contribution < 1.29 is 36.6 Å². The minimum atomic E-state index is -4.19. The SMILES string of the molecule is [2H]c1c([2H])c([2H])c(-c2ccnc(-c3cc(-c4cccc5c4nc(-c4cc(C(C([2H])([2H])[2H])(C([2H])([2H])[2H])C([2H])([2H])[2H])cc(C(C([2H])([2H])[2H])(C([2H])([2H])[2H])C([2H])([2H])[2H])c4O)n5-c4ccc(C(C)(C)C)cc4-c4ccccc4)cc(C(C)(C)C)c3)c2)c([2H])c1[2H]. The Morgan fingerprint density at radius 1 is 0.532 bits per heavy atom. The third-order valence-corrected chi connectivity index (χ3v) is 11.0. The molecule has 0 amide bonds. The van der Waals surface area contributed by atoms with E-state index in [1.807, 2.05) is 59.7 Å². The number of hydrogen-bond donors (Lipinski definition) is 1. The molecule has 8 aromatic rings. The minimum absolute atomic E-state index is 0.0618. The molecular formula is C58H61N3O. The first-order valence-electron chi connectivity index (χ1n) is 31.6. The molecule has 2 aromatic heterocycles. The van der Waals surface area contributed by atoms with Gasteiger partial charge in [0.15, 0.2) is 0 Å². The van der Waals surface area contributed by atoms with Gasteiger partial charge in [-0.25, -0.2) is 4.98 Å². The number of phenolic OH excluding ortho intramolecular Hbond substituents is 1. The van der Waals surface area contributed by atoms with E-state index in [1.165, 1.54) is 16.8 Å². The lowest BCUT2D eigenvalue weighted by Crippen LogP contribution is -2.17. The molecule has 1 N–H and O–H groups in total. The first kappa shape index (κ1) is 22.7.